The van der Waals surface area contributed by atoms with Gasteiger partial charge in [0.25, 0.3) is 0 Å². The summed E-state index contributed by atoms with van der Waals surface area (Å²) in [5, 5.41) is 6.44. The lowest BCUT2D eigenvalue weighted by molar-refractivity contribution is 0.408. The Balaban J connectivity index is 2.31. The summed E-state index contributed by atoms with van der Waals surface area (Å²) in [7, 11) is 1.95. The summed E-state index contributed by atoms with van der Waals surface area (Å²) in [5.41, 5.74) is 1.20. The minimum atomic E-state index is 0.700. The molecule has 1 rings (SSSR count). The molecule has 0 spiro atoms. The van der Waals surface area contributed by atoms with Crippen LogP contribution >= 0.6 is 0 Å². The average Bonchev–Trinajstić information content (AvgIpc) is 2.05. The molecule has 0 radical (unpaired) electrons. The van der Waals surface area contributed by atoms with Crippen molar-refractivity contribution in [2.45, 2.75) is 12.8 Å². The van der Waals surface area contributed by atoms with E-state index >= 15 is 0 Å². The van der Waals surface area contributed by atoms with Crippen molar-refractivity contribution >= 4 is 0 Å². The van der Waals surface area contributed by atoms with E-state index in [0.717, 1.165) is 13.1 Å². The van der Waals surface area contributed by atoms with Crippen LogP contribution in [0.15, 0.2) is 12.3 Å². The summed E-state index contributed by atoms with van der Waals surface area (Å²) in [6.07, 6.45) is 2.47. The normalized spacial score (nSPS) is 20.5. The zero-order valence-electron chi connectivity index (χ0n) is 6.61. The first-order valence-corrected chi connectivity index (χ1v) is 3.92. The van der Waals surface area contributed by atoms with E-state index in [4.69, 9.17) is 0 Å². The lowest BCUT2D eigenvalue weighted by Gasteiger charge is -2.24. The molecule has 58 valence electrons. The van der Waals surface area contributed by atoms with Gasteiger partial charge in [0.1, 0.15) is 0 Å². The van der Waals surface area contributed by atoms with Crippen LogP contribution in [0.5, 0.6) is 0 Å². The largest absolute Gasteiger partial charge is 0.392 e. The maximum Gasteiger partial charge on any atom is 0.00635 e. The molecule has 1 aliphatic heterocycles. The highest BCUT2D eigenvalue weighted by Gasteiger charge is 2.14. The van der Waals surface area contributed by atoms with Gasteiger partial charge in [0.15, 0.2) is 0 Å². The summed E-state index contributed by atoms with van der Waals surface area (Å²) < 4.78 is 0. The third kappa shape index (κ3) is 1.74. The second-order valence-electron chi connectivity index (χ2n) is 2.80. The first-order valence-electron chi connectivity index (χ1n) is 3.92. The fraction of sp³-hybridized carbons (Fsp3) is 0.750. The van der Waals surface area contributed by atoms with Crippen molar-refractivity contribution < 1.29 is 0 Å². The Kier molecular flexibility index (Phi) is 2.75. The van der Waals surface area contributed by atoms with Crippen LogP contribution in [0.1, 0.15) is 12.8 Å². The third-order valence-corrected chi connectivity index (χ3v) is 2.15. The Hall–Kier alpha value is -0.500. The van der Waals surface area contributed by atoms with Crippen molar-refractivity contribution in [3.63, 3.8) is 0 Å². The second kappa shape index (κ2) is 3.62. The van der Waals surface area contributed by atoms with E-state index in [1.54, 1.807) is 0 Å². The van der Waals surface area contributed by atoms with Crippen LogP contribution in [0.4, 0.5) is 0 Å². The van der Waals surface area contributed by atoms with Crippen LogP contribution < -0.4 is 10.6 Å². The van der Waals surface area contributed by atoms with E-state index in [9.17, 15) is 0 Å². The van der Waals surface area contributed by atoms with Gasteiger partial charge in [-0.1, -0.05) is 6.58 Å². The van der Waals surface area contributed by atoms with Gasteiger partial charge in [-0.15, -0.1) is 0 Å². The molecule has 0 saturated carbocycles. The molecule has 0 aromatic carbocycles. The molecular weight excluding hydrogens is 124 g/mol. The third-order valence-electron chi connectivity index (χ3n) is 2.15. The highest BCUT2D eigenvalue weighted by atomic mass is 14.9. The van der Waals surface area contributed by atoms with Crippen LogP contribution in [-0.2, 0) is 0 Å². The molecule has 0 bridgehead atoms. The zero-order valence-corrected chi connectivity index (χ0v) is 6.61. The van der Waals surface area contributed by atoms with E-state index in [2.05, 4.69) is 17.2 Å². The number of nitrogens with one attached hydrogen (secondary N) is 2. The van der Waals surface area contributed by atoms with Crippen molar-refractivity contribution in [2.75, 3.05) is 20.1 Å². The molecule has 1 aliphatic rings. The molecule has 1 heterocycles. The Morgan fingerprint density at radius 1 is 1.50 bits per heavy atom. The van der Waals surface area contributed by atoms with E-state index in [-0.39, 0.29) is 0 Å². The molecule has 0 atom stereocenters. The molecule has 0 aliphatic carbocycles. The average molecular weight is 140 g/mol. The summed E-state index contributed by atoms with van der Waals surface area (Å²) in [4.78, 5) is 0. The topological polar surface area (TPSA) is 24.1 Å². The molecule has 0 unspecified atom stereocenters. The van der Waals surface area contributed by atoms with Gasteiger partial charge in [0.05, 0.1) is 0 Å². The molecule has 1 saturated heterocycles. The van der Waals surface area contributed by atoms with E-state index in [1.165, 1.54) is 18.5 Å². The van der Waals surface area contributed by atoms with Gasteiger partial charge in [-0.05, 0) is 25.9 Å². The molecule has 0 aromatic rings. The van der Waals surface area contributed by atoms with E-state index in [1.807, 2.05) is 7.05 Å². The Bertz CT molecular complexity index is 114. The Morgan fingerprint density at radius 2 is 2.10 bits per heavy atom. The lowest BCUT2D eigenvalue weighted by Crippen LogP contribution is -2.30. The van der Waals surface area contributed by atoms with Crippen LogP contribution in [-0.4, -0.2) is 20.1 Å². The maximum absolute atomic E-state index is 3.96. The molecule has 0 amide bonds. The quantitative estimate of drug-likeness (QED) is 0.590. The molecule has 10 heavy (non-hydrogen) atoms. The van der Waals surface area contributed by atoms with Crippen molar-refractivity contribution in [2.24, 2.45) is 5.92 Å². The number of hydrogen-bond donors (Lipinski definition) is 2. The number of allylic oxidation sites excluding steroid dienone is 1. The molecule has 2 nitrogen and oxygen atoms in total. The van der Waals surface area contributed by atoms with Crippen LogP contribution in [0.3, 0.4) is 0 Å². The van der Waals surface area contributed by atoms with Crippen molar-refractivity contribution in [3.05, 3.63) is 12.3 Å². The van der Waals surface area contributed by atoms with Crippen molar-refractivity contribution in [1.29, 1.82) is 0 Å². The summed E-state index contributed by atoms with van der Waals surface area (Å²) in [5.74, 6) is 0.700. The summed E-state index contributed by atoms with van der Waals surface area (Å²) in [6, 6.07) is 0. The van der Waals surface area contributed by atoms with Crippen LogP contribution in [0.2, 0.25) is 0 Å². The first-order chi connectivity index (χ1) is 4.84. The smallest absolute Gasteiger partial charge is 0.00635 e. The van der Waals surface area contributed by atoms with Gasteiger partial charge in [-0.3, -0.25) is 0 Å². The minimum absolute atomic E-state index is 0.700. The highest BCUT2D eigenvalue weighted by Crippen LogP contribution is 2.16. The summed E-state index contributed by atoms with van der Waals surface area (Å²) >= 11 is 0. The van der Waals surface area contributed by atoms with Gasteiger partial charge in [0, 0.05) is 18.7 Å². The summed E-state index contributed by atoms with van der Waals surface area (Å²) in [6.45, 7) is 6.25. The number of hydrogen-bond acceptors (Lipinski definition) is 2. The van der Waals surface area contributed by atoms with Gasteiger partial charge in [-0.25, -0.2) is 0 Å². The maximum atomic E-state index is 3.96. The lowest BCUT2D eigenvalue weighted by atomic mass is 9.95. The van der Waals surface area contributed by atoms with Crippen LogP contribution in [0, 0.1) is 5.92 Å². The molecular formula is C8H16N2. The molecule has 2 heteroatoms. The van der Waals surface area contributed by atoms with E-state index in [0.29, 0.717) is 5.92 Å². The predicted octanol–water partition coefficient (Wildman–Crippen LogP) is 0.719. The van der Waals surface area contributed by atoms with Crippen molar-refractivity contribution in [1.82, 2.24) is 10.6 Å². The Morgan fingerprint density at radius 3 is 2.60 bits per heavy atom. The fourth-order valence-corrected chi connectivity index (χ4v) is 1.37. The SMILES string of the molecule is C=C(NC)C1CCNCC1. The highest BCUT2D eigenvalue weighted by molar-refractivity contribution is 4.98. The zero-order chi connectivity index (χ0) is 7.40. The molecule has 1 fully saturated rings. The van der Waals surface area contributed by atoms with Gasteiger partial charge < -0.3 is 10.6 Å². The number of piperidine rings is 1. The van der Waals surface area contributed by atoms with Gasteiger partial charge >= 0.3 is 0 Å². The fourth-order valence-electron chi connectivity index (χ4n) is 1.37. The standard InChI is InChI=1S/C8H16N2/c1-7(9-2)8-3-5-10-6-4-8/h8-10H,1,3-6H2,2H3. The molecule has 0 aromatic heterocycles. The van der Waals surface area contributed by atoms with Gasteiger partial charge in [-0.2, -0.15) is 0 Å². The number of rotatable bonds is 2. The minimum Gasteiger partial charge on any atom is -0.392 e. The monoisotopic (exact) mass is 140 g/mol. The van der Waals surface area contributed by atoms with Crippen LogP contribution in [0.25, 0.3) is 0 Å². The predicted molar refractivity (Wildman–Crippen MR) is 43.8 cm³/mol. The van der Waals surface area contributed by atoms with Crippen molar-refractivity contribution in [3.8, 4) is 0 Å². The molecule has 2 N–H and O–H groups in total. The second-order valence-corrected chi connectivity index (χ2v) is 2.80. The first kappa shape index (κ1) is 7.61. The van der Waals surface area contributed by atoms with Gasteiger partial charge in [0.2, 0.25) is 0 Å². The Labute approximate surface area is 62.7 Å². The van der Waals surface area contributed by atoms with E-state index < -0.39 is 0 Å².